The highest BCUT2D eigenvalue weighted by Gasteiger charge is 2.18. The molecule has 0 bridgehead atoms. The molecule has 1 aromatic carbocycles. The monoisotopic (exact) mass is 352 g/mol. The van der Waals surface area contributed by atoms with Gasteiger partial charge in [-0.1, -0.05) is 0 Å². The van der Waals surface area contributed by atoms with Gasteiger partial charge in [-0.05, 0) is 43.2 Å². The van der Waals surface area contributed by atoms with E-state index < -0.39 is 5.91 Å². The largest absolute Gasteiger partial charge is 0.497 e. The third-order valence-corrected chi connectivity index (χ3v) is 4.23. The fraction of sp³-hybridized carbons (Fsp3) is 0.316. The molecule has 26 heavy (non-hydrogen) atoms. The average molecular weight is 352 g/mol. The van der Waals surface area contributed by atoms with Gasteiger partial charge in [0.2, 0.25) is 0 Å². The number of carbonyl (C=O) groups is 1. The first-order valence-electron chi connectivity index (χ1n) is 8.40. The minimum atomic E-state index is -0.412. The summed E-state index contributed by atoms with van der Waals surface area (Å²) in [6.07, 6.45) is 5.08. The number of rotatable bonds is 6. The van der Waals surface area contributed by atoms with E-state index in [0.717, 1.165) is 36.5 Å². The van der Waals surface area contributed by atoms with Crippen molar-refractivity contribution in [2.45, 2.75) is 18.9 Å². The van der Waals surface area contributed by atoms with Gasteiger partial charge in [0.25, 0.3) is 5.91 Å². The van der Waals surface area contributed by atoms with Gasteiger partial charge in [0, 0.05) is 24.3 Å². The van der Waals surface area contributed by atoms with Crippen LogP contribution in [-0.2, 0) is 9.53 Å². The molecule has 1 unspecified atom stereocenters. The van der Waals surface area contributed by atoms with Crippen LogP contribution in [0.15, 0.2) is 36.0 Å². The van der Waals surface area contributed by atoms with E-state index in [2.05, 4.69) is 15.5 Å². The number of nitriles is 1. The Bertz CT molecular complexity index is 827. The number of hydrogen-bond acceptors (Lipinski definition) is 5. The summed E-state index contributed by atoms with van der Waals surface area (Å²) >= 11 is 0. The molecular formula is C19H20N4O3. The molecule has 1 aliphatic heterocycles. The van der Waals surface area contributed by atoms with Gasteiger partial charge in [-0.25, -0.2) is 0 Å². The van der Waals surface area contributed by atoms with Gasteiger partial charge in [0.15, 0.2) is 0 Å². The number of carbonyl (C=O) groups excluding carboxylic acids is 1. The van der Waals surface area contributed by atoms with Crippen molar-refractivity contribution in [1.29, 1.82) is 5.26 Å². The van der Waals surface area contributed by atoms with Gasteiger partial charge in [-0.15, -0.1) is 0 Å². The van der Waals surface area contributed by atoms with Crippen molar-refractivity contribution in [2.75, 3.05) is 20.3 Å². The zero-order valence-electron chi connectivity index (χ0n) is 14.5. The standard InChI is InChI=1S/C19H20N4O3/c1-25-16-6-4-13(5-7-16)18-15(11-22-23-18)9-14(10-20)19(24)21-12-17-3-2-8-26-17/h4-7,9,11,17H,2-3,8,12H2,1H3,(H,21,24)(H,22,23)/b14-9+. The number of ether oxygens (including phenoxy) is 2. The van der Waals surface area contributed by atoms with E-state index >= 15 is 0 Å². The fourth-order valence-electron chi connectivity index (χ4n) is 2.80. The summed E-state index contributed by atoms with van der Waals surface area (Å²) in [5.41, 5.74) is 2.30. The third kappa shape index (κ3) is 4.10. The Morgan fingerprint density at radius 1 is 1.50 bits per heavy atom. The van der Waals surface area contributed by atoms with Gasteiger partial charge in [-0.2, -0.15) is 10.4 Å². The second-order valence-corrected chi connectivity index (χ2v) is 5.94. The number of benzene rings is 1. The predicted molar refractivity (Wildman–Crippen MR) is 96.1 cm³/mol. The third-order valence-electron chi connectivity index (χ3n) is 4.23. The molecule has 0 radical (unpaired) electrons. The molecule has 2 N–H and O–H groups in total. The van der Waals surface area contributed by atoms with Crippen LogP contribution in [0.2, 0.25) is 0 Å². The lowest BCUT2D eigenvalue weighted by Gasteiger charge is -2.10. The summed E-state index contributed by atoms with van der Waals surface area (Å²) in [5, 5.41) is 19.1. The van der Waals surface area contributed by atoms with Crippen LogP contribution in [-0.4, -0.2) is 42.5 Å². The van der Waals surface area contributed by atoms with Crippen molar-refractivity contribution in [1.82, 2.24) is 15.5 Å². The molecule has 0 spiro atoms. The summed E-state index contributed by atoms with van der Waals surface area (Å²) in [5.74, 6) is 0.335. The van der Waals surface area contributed by atoms with E-state index in [4.69, 9.17) is 9.47 Å². The summed E-state index contributed by atoms with van der Waals surface area (Å²) in [6, 6.07) is 9.40. The van der Waals surface area contributed by atoms with Crippen molar-refractivity contribution < 1.29 is 14.3 Å². The average Bonchev–Trinajstić information content (AvgIpc) is 3.36. The number of aromatic amines is 1. The van der Waals surface area contributed by atoms with Crippen LogP contribution in [0.3, 0.4) is 0 Å². The SMILES string of the molecule is COc1ccc(-c2[nH]ncc2/C=C(\C#N)C(=O)NCC2CCCO2)cc1. The maximum Gasteiger partial charge on any atom is 0.262 e. The number of nitrogens with zero attached hydrogens (tertiary/aromatic N) is 2. The maximum atomic E-state index is 12.3. The first kappa shape index (κ1) is 17.7. The Kier molecular flexibility index (Phi) is 5.66. The Morgan fingerprint density at radius 3 is 2.96 bits per heavy atom. The Morgan fingerprint density at radius 2 is 2.31 bits per heavy atom. The van der Waals surface area contributed by atoms with Gasteiger partial charge in [0.1, 0.15) is 17.4 Å². The van der Waals surface area contributed by atoms with E-state index in [1.54, 1.807) is 13.3 Å². The molecule has 134 valence electrons. The zero-order chi connectivity index (χ0) is 18.4. The van der Waals surface area contributed by atoms with Crippen LogP contribution >= 0.6 is 0 Å². The van der Waals surface area contributed by atoms with Crippen molar-refractivity contribution in [3.8, 4) is 23.1 Å². The van der Waals surface area contributed by atoms with Crippen molar-refractivity contribution >= 4 is 12.0 Å². The molecule has 1 fully saturated rings. The molecule has 0 aliphatic carbocycles. The molecule has 2 aromatic rings. The lowest BCUT2D eigenvalue weighted by atomic mass is 10.1. The number of H-pyrrole nitrogens is 1. The van der Waals surface area contributed by atoms with Gasteiger partial charge >= 0.3 is 0 Å². The van der Waals surface area contributed by atoms with Crippen LogP contribution in [0, 0.1) is 11.3 Å². The number of nitrogens with one attached hydrogen (secondary N) is 2. The summed E-state index contributed by atoms with van der Waals surface area (Å²) in [7, 11) is 1.60. The highest BCUT2D eigenvalue weighted by atomic mass is 16.5. The van der Waals surface area contributed by atoms with E-state index in [1.807, 2.05) is 30.3 Å². The van der Waals surface area contributed by atoms with Gasteiger partial charge in [-0.3, -0.25) is 9.89 Å². The molecule has 1 saturated heterocycles. The number of amides is 1. The molecule has 0 saturated carbocycles. The lowest BCUT2D eigenvalue weighted by Crippen LogP contribution is -2.32. The van der Waals surface area contributed by atoms with Gasteiger partial charge in [0.05, 0.1) is 25.1 Å². The smallest absolute Gasteiger partial charge is 0.262 e. The summed E-state index contributed by atoms with van der Waals surface area (Å²) in [6.45, 7) is 1.14. The maximum absolute atomic E-state index is 12.3. The Hall–Kier alpha value is -3.11. The minimum absolute atomic E-state index is 0.0270. The van der Waals surface area contributed by atoms with E-state index in [1.165, 1.54) is 6.08 Å². The van der Waals surface area contributed by atoms with E-state index in [9.17, 15) is 10.1 Å². The first-order valence-corrected chi connectivity index (χ1v) is 8.40. The molecule has 2 heterocycles. The summed E-state index contributed by atoms with van der Waals surface area (Å²) in [4.78, 5) is 12.3. The Labute approximate surface area is 151 Å². The molecule has 1 aliphatic rings. The molecule has 7 nitrogen and oxygen atoms in total. The highest BCUT2D eigenvalue weighted by molar-refractivity contribution is 6.02. The van der Waals surface area contributed by atoms with Crippen LogP contribution in [0.1, 0.15) is 18.4 Å². The number of aromatic nitrogens is 2. The molecule has 1 amide bonds. The van der Waals surface area contributed by atoms with Crippen LogP contribution in [0.25, 0.3) is 17.3 Å². The second kappa shape index (κ2) is 8.32. The van der Waals surface area contributed by atoms with E-state index in [-0.39, 0.29) is 11.7 Å². The van der Waals surface area contributed by atoms with Crippen LogP contribution in [0.5, 0.6) is 5.75 Å². The van der Waals surface area contributed by atoms with Gasteiger partial charge < -0.3 is 14.8 Å². The first-order chi connectivity index (χ1) is 12.7. The normalized spacial score (nSPS) is 16.9. The molecule has 7 heteroatoms. The topological polar surface area (TPSA) is 100 Å². The number of methoxy groups -OCH3 is 1. The highest BCUT2D eigenvalue weighted by Crippen LogP contribution is 2.25. The van der Waals surface area contributed by atoms with Crippen molar-refractivity contribution in [3.05, 3.63) is 41.6 Å². The molecule has 1 aromatic heterocycles. The fourth-order valence-corrected chi connectivity index (χ4v) is 2.80. The van der Waals surface area contributed by atoms with Crippen LogP contribution in [0.4, 0.5) is 0 Å². The summed E-state index contributed by atoms with van der Waals surface area (Å²) < 4.78 is 10.6. The van der Waals surface area contributed by atoms with Crippen molar-refractivity contribution in [3.63, 3.8) is 0 Å². The van der Waals surface area contributed by atoms with Crippen LogP contribution < -0.4 is 10.1 Å². The van der Waals surface area contributed by atoms with Crippen molar-refractivity contribution in [2.24, 2.45) is 0 Å². The van der Waals surface area contributed by atoms with E-state index in [0.29, 0.717) is 12.1 Å². The lowest BCUT2D eigenvalue weighted by molar-refractivity contribution is -0.117. The number of hydrogen-bond donors (Lipinski definition) is 2. The predicted octanol–water partition coefficient (Wildman–Crippen LogP) is 2.29. The second-order valence-electron chi connectivity index (χ2n) is 5.94. The Balaban J connectivity index is 1.75. The quantitative estimate of drug-likeness (QED) is 0.614. The molecule has 3 rings (SSSR count). The molecular weight excluding hydrogens is 332 g/mol. The zero-order valence-corrected chi connectivity index (χ0v) is 14.5. The molecule has 1 atom stereocenters. The minimum Gasteiger partial charge on any atom is -0.497 e.